The first-order valence-electron chi connectivity index (χ1n) is 11.3. The summed E-state index contributed by atoms with van der Waals surface area (Å²) >= 11 is 2.04. The number of nitrogens with zero attached hydrogens (tertiary/aromatic N) is 2. The monoisotopic (exact) mass is 564 g/mol. The molecule has 2 saturated heterocycles. The standard InChI is InChI=1S/C23H37IN2O6/c1-15(2)7-8-17-22(3,32-17)20-19(29-6)16(9-10-23(20)14-30-23)31-21(28)26(5)12-11-25(4)18(27)13-24/h7,16-17,19-20H,8-14H2,1-6H3/t16?,17-,19?,20?,22+,23+/m1/s1. The van der Waals surface area contributed by atoms with Crippen molar-refractivity contribution in [1.29, 1.82) is 0 Å². The normalized spacial score (nSPS) is 35.2. The van der Waals surface area contributed by atoms with E-state index in [1.807, 2.05) is 22.6 Å². The van der Waals surface area contributed by atoms with E-state index in [4.69, 9.17) is 18.9 Å². The number of epoxide rings is 2. The van der Waals surface area contributed by atoms with Crippen LogP contribution in [0.1, 0.15) is 40.0 Å². The highest BCUT2D eigenvalue weighted by atomic mass is 127. The highest BCUT2D eigenvalue weighted by molar-refractivity contribution is 14.1. The van der Waals surface area contributed by atoms with Gasteiger partial charge in [0.2, 0.25) is 5.91 Å². The van der Waals surface area contributed by atoms with E-state index in [0.717, 1.165) is 12.8 Å². The Labute approximate surface area is 205 Å². The molecule has 1 aliphatic carbocycles. The van der Waals surface area contributed by atoms with Gasteiger partial charge in [-0.05, 0) is 40.0 Å². The van der Waals surface area contributed by atoms with E-state index in [-0.39, 0.29) is 41.3 Å². The largest absolute Gasteiger partial charge is 0.443 e. The highest BCUT2D eigenvalue weighted by Gasteiger charge is 2.72. The minimum absolute atomic E-state index is 0.000160. The first-order chi connectivity index (χ1) is 15.1. The van der Waals surface area contributed by atoms with Crippen molar-refractivity contribution in [3.05, 3.63) is 11.6 Å². The van der Waals surface area contributed by atoms with E-state index < -0.39 is 6.09 Å². The summed E-state index contributed by atoms with van der Waals surface area (Å²) in [5.74, 6) is 0.0387. The van der Waals surface area contributed by atoms with Crippen molar-refractivity contribution in [1.82, 2.24) is 9.80 Å². The minimum atomic E-state index is -0.401. The van der Waals surface area contributed by atoms with Gasteiger partial charge in [-0.25, -0.2) is 4.79 Å². The fourth-order valence-corrected chi connectivity index (χ4v) is 5.49. The number of hydrogen-bond donors (Lipinski definition) is 0. The van der Waals surface area contributed by atoms with Crippen LogP contribution in [0.25, 0.3) is 0 Å². The molecule has 182 valence electrons. The SMILES string of the molecule is COC1C(OC(=O)N(C)CCN(C)C(=O)CI)CC[C@]2(CO2)C1[C@@]1(C)O[C@@H]1CC=C(C)C. The third-order valence-corrected chi connectivity index (χ3v) is 7.76. The Hall–Kier alpha value is -0.910. The van der Waals surface area contributed by atoms with Gasteiger partial charge in [0.25, 0.3) is 0 Å². The zero-order valence-corrected chi connectivity index (χ0v) is 22.2. The van der Waals surface area contributed by atoms with Crippen LogP contribution in [-0.2, 0) is 23.7 Å². The van der Waals surface area contributed by atoms with Crippen molar-refractivity contribution < 1.29 is 28.5 Å². The first-order valence-corrected chi connectivity index (χ1v) is 12.8. The Morgan fingerprint density at radius 1 is 1.22 bits per heavy atom. The average molecular weight is 564 g/mol. The van der Waals surface area contributed by atoms with Crippen molar-refractivity contribution in [2.24, 2.45) is 5.92 Å². The van der Waals surface area contributed by atoms with Gasteiger partial charge in [0, 0.05) is 34.3 Å². The van der Waals surface area contributed by atoms with Gasteiger partial charge in [-0.2, -0.15) is 0 Å². The van der Waals surface area contributed by atoms with Gasteiger partial charge < -0.3 is 28.7 Å². The summed E-state index contributed by atoms with van der Waals surface area (Å²) in [6.07, 6.45) is 3.62. The summed E-state index contributed by atoms with van der Waals surface area (Å²) in [6.45, 7) is 7.88. The number of amides is 2. The second-order valence-corrected chi connectivity index (χ2v) is 10.4. The maximum atomic E-state index is 12.8. The predicted octanol–water partition coefficient (Wildman–Crippen LogP) is 3.02. The molecule has 0 N–H and O–H groups in total. The van der Waals surface area contributed by atoms with E-state index in [0.29, 0.717) is 30.5 Å². The third-order valence-electron chi connectivity index (χ3n) is 7.11. The second-order valence-electron chi connectivity index (χ2n) is 9.67. The number of alkyl halides is 1. The van der Waals surface area contributed by atoms with Crippen molar-refractivity contribution in [3.63, 3.8) is 0 Å². The minimum Gasteiger partial charge on any atom is -0.443 e. The fourth-order valence-electron chi connectivity index (χ4n) is 4.91. The maximum absolute atomic E-state index is 12.8. The van der Waals surface area contributed by atoms with Crippen LogP contribution in [-0.4, -0.2) is 96.6 Å². The van der Waals surface area contributed by atoms with E-state index >= 15 is 0 Å². The van der Waals surface area contributed by atoms with Crippen molar-refractivity contribution >= 4 is 34.6 Å². The van der Waals surface area contributed by atoms with E-state index in [1.165, 1.54) is 10.5 Å². The molecular formula is C23H37IN2O6. The molecule has 0 radical (unpaired) electrons. The number of methoxy groups -OCH3 is 1. The lowest BCUT2D eigenvalue weighted by molar-refractivity contribution is -0.127. The van der Waals surface area contributed by atoms with Crippen LogP contribution in [0.2, 0.25) is 0 Å². The van der Waals surface area contributed by atoms with E-state index in [1.54, 1.807) is 26.1 Å². The Kier molecular flexibility index (Phi) is 8.15. The topological polar surface area (TPSA) is 84.1 Å². The van der Waals surface area contributed by atoms with Gasteiger partial charge >= 0.3 is 6.09 Å². The van der Waals surface area contributed by atoms with Gasteiger partial charge in [-0.1, -0.05) is 34.2 Å². The lowest BCUT2D eigenvalue weighted by atomic mass is 9.68. The zero-order valence-electron chi connectivity index (χ0n) is 20.1. The molecule has 2 heterocycles. The number of hydrogen-bond acceptors (Lipinski definition) is 6. The molecule has 3 rings (SSSR count). The number of rotatable bonds is 9. The van der Waals surface area contributed by atoms with Crippen LogP contribution in [0.5, 0.6) is 0 Å². The molecule has 8 nitrogen and oxygen atoms in total. The van der Waals surface area contributed by atoms with Gasteiger partial charge in [-0.15, -0.1) is 0 Å². The Bertz CT molecular complexity index is 738. The molecular weight excluding hydrogens is 527 g/mol. The molecule has 9 heteroatoms. The Morgan fingerprint density at radius 2 is 1.88 bits per heavy atom. The molecule has 0 bridgehead atoms. The molecule has 0 aromatic rings. The molecule has 3 fully saturated rings. The summed E-state index contributed by atoms with van der Waals surface area (Å²) in [5, 5.41) is 0. The molecule has 2 aliphatic heterocycles. The van der Waals surface area contributed by atoms with Gasteiger partial charge in [0.1, 0.15) is 23.4 Å². The van der Waals surface area contributed by atoms with E-state index in [9.17, 15) is 9.59 Å². The smallest absolute Gasteiger partial charge is 0.409 e. The summed E-state index contributed by atoms with van der Waals surface area (Å²) < 4.78 is 24.4. The summed E-state index contributed by atoms with van der Waals surface area (Å²) in [6, 6.07) is 0. The summed E-state index contributed by atoms with van der Waals surface area (Å²) in [7, 11) is 5.11. The summed E-state index contributed by atoms with van der Waals surface area (Å²) in [4.78, 5) is 27.7. The molecule has 0 aromatic heterocycles. The number of likely N-dealkylation sites (N-methyl/N-ethyl adjacent to an activating group) is 2. The summed E-state index contributed by atoms with van der Waals surface area (Å²) in [5.41, 5.74) is 0.669. The second kappa shape index (κ2) is 10.1. The lowest BCUT2D eigenvalue weighted by Gasteiger charge is -2.43. The van der Waals surface area contributed by atoms with Crippen LogP contribution < -0.4 is 0 Å². The Balaban J connectivity index is 1.63. The number of carbonyl (C=O) groups is 2. The highest BCUT2D eigenvalue weighted by Crippen LogP contribution is 2.59. The molecule has 32 heavy (non-hydrogen) atoms. The van der Waals surface area contributed by atoms with Gasteiger partial charge in [0.15, 0.2) is 0 Å². The van der Waals surface area contributed by atoms with Gasteiger partial charge in [0.05, 0.1) is 23.1 Å². The van der Waals surface area contributed by atoms with E-state index in [2.05, 4.69) is 26.8 Å². The molecule has 2 amide bonds. The third kappa shape index (κ3) is 5.42. The zero-order chi connectivity index (χ0) is 23.7. The van der Waals surface area contributed by atoms with Gasteiger partial charge in [-0.3, -0.25) is 4.79 Å². The molecule has 1 saturated carbocycles. The van der Waals surface area contributed by atoms with Crippen molar-refractivity contribution in [2.45, 2.75) is 69.5 Å². The number of carbonyl (C=O) groups excluding carboxylic acids is 2. The predicted molar refractivity (Wildman–Crippen MR) is 129 cm³/mol. The fraction of sp³-hybridized carbons (Fsp3) is 0.826. The van der Waals surface area contributed by atoms with Crippen LogP contribution in [0.4, 0.5) is 4.79 Å². The van der Waals surface area contributed by atoms with Crippen LogP contribution in [0, 0.1) is 5.92 Å². The molecule has 3 unspecified atom stereocenters. The maximum Gasteiger partial charge on any atom is 0.409 e. The van der Waals surface area contributed by atoms with Crippen molar-refractivity contribution in [2.75, 3.05) is 45.3 Å². The van der Waals surface area contributed by atoms with Crippen LogP contribution >= 0.6 is 22.6 Å². The number of halogens is 1. The molecule has 6 atom stereocenters. The first kappa shape index (κ1) is 25.7. The Morgan fingerprint density at radius 3 is 2.44 bits per heavy atom. The number of allylic oxidation sites excluding steroid dienone is 1. The van der Waals surface area contributed by atoms with Crippen LogP contribution in [0.15, 0.2) is 11.6 Å². The molecule has 0 aromatic carbocycles. The quantitative estimate of drug-likeness (QED) is 0.185. The molecule has 1 spiro atoms. The number of ether oxygens (including phenoxy) is 4. The lowest BCUT2D eigenvalue weighted by Crippen LogP contribution is -2.56. The molecule has 3 aliphatic rings. The van der Waals surface area contributed by atoms with Crippen molar-refractivity contribution in [3.8, 4) is 0 Å². The average Bonchev–Trinajstić information content (AvgIpc) is 3.67. The van der Waals surface area contributed by atoms with Crippen LogP contribution in [0.3, 0.4) is 0 Å².